The van der Waals surface area contributed by atoms with Crippen LogP contribution in [0.5, 0.6) is 11.5 Å². The van der Waals surface area contributed by atoms with Crippen LogP contribution < -0.4 is 9.47 Å². The molecule has 1 fully saturated rings. The zero-order valence-electron chi connectivity index (χ0n) is 16.0. The van der Waals surface area contributed by atoms with E-state index >= 15 is 0 Å². The van der Waals surface area contributed by atoms with Crippen molar-refractivity contribution in [2.75, 3.05) is 13.2 Å². The fourth-order valence-electron chi connectivity index (χ4n) is 2.67. The maximum Gasteiger partial charge on any atom is 0.323 e. The summed E-state index contributed by atoms with van der Waals surface area (Å²) in [6.45, 7) is 2.03. The number of thioether (sulfide) groups is 1. The Bertz CT molecular complexity index is 1010. The van der Waals surface area contributed by atoms with Crippen LogP contribution in [0.4, 0.5) is 4.39 Å². The number of ether oxygens (including phenoxy) is 2. The van der Waals surface area contributed by atoms with Gasteiger partial charge in [0.25, 0.3) is 5.91 Å². The fourth-order valence-corrected chi connectivity index (χ4v) is 3.92. The van der Waals surface area contributed by atoms with Crippen molar-refractivity contribution in [3.63, 3.8) is 0 Å². The lowest BCUT2D eigenvalue weighted by atomic mass is 10.1. The molecule has 1 heterocycles. The molecule has 0 aromatic heterocycles. The number of aliphatic carboxylic acids is 1. The lowest BCUT2D eigenvalue weighted by Gasteiger charge is -2.13. The third-order valence-electron chi connectivity index (χ3n) is 4.04. The summed E-state index contributed by atoms with van der Waals surface area (Å²) in [5.41, 5.74) is 1.49. The number of hydrogen-bond acceptors (Lipinski definition) is 6. The van der Waals surface area contributed by atoms with E-state index in [1.54, 1.807) is 36.4 Å². The van der Waals surface area contributed by atoms with Crippen molar-refractivity contribution in [1.29, 1.82) is 0 Å². The first kappa shape index (κ1) is 21.8. The summed E-state index contributed by atoms with van der Waals surface area (Å²) in [7, 11) is 0. The number of nitrogens with zero attached hydrogens (tertiary/aromatic N) is 1. The lowest BCUT2D eigenvalue weighted by molar-refractivity contribution is -0.140. The first-order chi connectivity index (χ1) is 14.4. The number of rotatable bonds is 8. The van der Waals surface area contributed by atoms with Crippen molar-refractivity contribution in [2.45, 2.75) is 13.5 Å². The van der Waals surface area contributed by atoms with E-state index in [0.717, 1.165) is 22.2 Å². The molecule has 1 saturated heterocycles. The highest BCUT2D eigenvalue weighted by Gasteiger charge is 2.33. The zero-order valence-corrected chi connectivity index (χ0v) is 17.6. The summed E-state index contributed by atoms with van der Waals surface area (Å²) < 4.78 is 24.7. The monoisotopic (exact) mass is 447 g/mol. The van der Waals surface area contributed by atoms with Crippen molar-refractivity contribution in [2.24, 2.45) is 0 Å². The van der Waals surface area contributed by atoms with Gasteiger partial charge in [-0.3, -0.25) is 14.5 Å². The van der Waals surface area contributed by atoms with Gasteiger partial charge in [0.2, 0.25) is 0 Å². The summed E-state index contributed by atoms with van der Waals surface area (Å²) in [4.78, 5) is 24.7. The molecular formula is C21H18FNO5S2. The Labute approximate surface area is 182 Å². The van der Waals surface area contributed by atoms with Crippen molar-refractivity contribution >= 4 is 46.3 Å². The first-order valence-electron chi connectivity index (χ1n) is 8.98. The van der Waals surface area contributed by atoms with Gasteiger partial charge in [-0.1, -0.05) is 42.2 Å². The molecule has 0 radical (unpaired) electrons. The van der Waals surface area contributed by atoms with E-state index in [2.05, 4.69) is 0 Å². The van der Waals surface area contributed by atoms with Crippen LogP contribution in [0.3, 0.4) is 0 Å². The average molecular weight is 448 g/mol. The molecule has 0 atom stereocenters. The van der Waals surface area contributed by atoms with Crippen LogP contribution in [0.15, 0.2) is 47.4 Å². The van der Waals surface area contributed by atoms with Crippen LogP contribution in [0, 0.1) is 5.82 Å². The maximum atomic E-state index is 13.0. The van der Waals surface area contributed by atoms with Crippen molar-refractivity contribution in [1.82, 2.24) is 4.90 Å². The van der Waals surface area contributed by atoms with E-state index in [4.69, 9.17) is 26.8 Å². The Kier molecular flexibility index (Phi) is 7.07. The molecule has 6 nitrogen and oxygen atoms in total. The van der Waals surface area contributed by atoms with Crippen molar-refractivity contribution < 1.29 is 28.6 Å². The summed E-state index contributed by atoms with van der Waals surface area (Å²) in [6, 6.07) is 11.2. The molecule has 1 N–H and O–H groups in total. The van der Waals surface area contributed by atoms with Crippen LogP contribution in [0.2, 0.25) is 0 Å². The number of hydrogen-bond donors (Lipinski definition) is 1. The molecule has 1 amide bonds. The normalized spacial score (nSPS) is 15.0. The van der Waals surface area contributed by atoms with E-state index < -0.39 is 18.4 Å². The predicted molar refractivity (Wildman–Crippen MR) is 116 cm³/mol. The van der Waals surface area contributed by atoms with Gasteiger partial charge in [-0.2, -0.15) is 0 Å². The van der Waals surface area contributed by atoms with Gasteiger partial charge in [0, 0.05) is 0 Å². The molecular weight excluding hydrogens is 429 g/mol. The molecule has 9 heteroatoms. The molecule has 0 unspecified atom stereocenters. The molecule has 3 rings (SSSR count). The van der Waals surface area contributed by atoms with Crippen molar-refractivity contribution in [3.8, 4) is 11.5 Å². The smallest absolute Gasteiger partial charge is 0.323 e. The number of carbonyl (C=O) groups excluding carboxylic acids is 1. The second-order valence-electron chi connectivity index (χ2n) is 6.22. The molecule has 0 bridgehead atoms. The van der Waals surface area contributed by atoms with E-state index in [9.17, 15) is 14.0 Å². The number of carbonyl (C=O) groups is 2. The molecule has 2 aromatic carbocycles. The van der Waals surface area contributed by atoms with Gasteiger partial charge >= 0.3 is 5.97 Å². The zero-order chi connectivity index (χ0) is 21.7. The Morgan fingerprint density at radius 2 is 1.93 bits per heavy atom. The largest absolute Gasteiger partial charge is 0.490 e. The third kappa shape index (κ3) is 5.37. The molecule has 1 aliphatic heterocycles. The van der Waals surface area contributed by atoms with E-state index in [1.807, 2.05) is 6.92 Å². The van der Waals surface area contributed by atoms with Gasteiger partial charge in [-0.25, -0.2) is 4.39 Å². The van der Waals surface area contributed by atoms with Gasteiger partial charge in [0.05, 0.1) is 11.5 Å². The third-order valence-corrected chi connectivity index (χ3v) is 5.42. The second kappa shape index (κ2) is 9.73. The minimum absolute atomic E-state index is 0.206. The molecule has 0 spiro atoms. The number of carboxylic acid groups (broad SMARTS) is 1. The van der Waals surface area contributed by atoms with Crippen molar-refractivity contribution in [3.05, 3.63) is 64.3 Å². The highest BCUT2D eigenvalue weighted by Crippen LogP contribution is 2.35. The highest BCUT2D eigenvalue weighted by molar-refractivity contribution is 8.26. The molecule has 30 heavy (non-hydrogen) atoms. The summed E-state index contributed by atoms with van der Waals surface area (Å²) in [6.07, 6.45) is 1.63. The summed E-state index contributed by atoms with van der Waals surface area (Å²) in [5, 5.41) is 8.93. The Morgan fingerprint density at radius 3 is 2.60 bits per heavy atom. The Hall–Kier alpha value is -2.91. The summed E-state index contributed by atoms with van der Waals surface area (Å²) >= 11 is 6.16. The molecule has 2 aromatic rings. The summed E-state index contributed by atoms with van der Waals surface area (Å²) in [5.74, 6) is -0.881. The van der Waals surface area contributed by atoms with E-state index in [0.29, 0.717) is 28.6 Å². The highest BCUT2D eigenvalue weighted by atomic mass is 32.2. The maximum absolute atomic E-state index is 13.0. The fraction of sp³-hybridized carbons (Fsp3) is 0.190. The van der Waals surface area contributed by atoms with Crippen LogP contribution in [-0.4, -0.2) is 39.4 Å². The van der Waals surface area contributed by atoms with Gasteiger partial charge in [-0.15, -0.1) is 0 Å². The van der Waals surface area contributed by atoms with Gasteiger partial charge in [0.1, 0.15) is 23.3 Å². The van der Waals surface area contributed by atoms with Gasteiger partial charge in [-0.05, 0) is 48.4 Å². The topological polar surface area (TPSA) is 76.1 Å². The number of thiocarbonyl (C=S) groups is 1. The van der Waals surface area contributed by atoms with Gasteiger partial charge < -0.3 is 14.6 Å². The Morgan fingerprint density at radius 1 is 1.20 bits per heavy atom. The molecule has 1 aliphatic rings. The van der Waals surface area contributed by atoms with Crippen LogP contribution in [0.1, 0.15) is 18.1 Å². The average Bonchev–Trinajstić information content (AvgIpc) is 2.96. The number of benzene rings is 2. The number of amides is 1. The second-order valence-corrected chi connectivity index (χ2v) is 7.89. The predicted octanol–water partition coefficient (Wildman–Crippen LogP) is 4.09. The molecule has 0 saturated carbocycles. The SMILES string of the molecule is CCOc1cc(C=C2SC(=S)N(CC(=O)O)C2=O)ccc1OCc1ccc(F)cc1. The minimum Gasteiger partial charge on any atom is -0.490 e. The quantitative estimate of drug-likeness (QED) is 0.483. The van der Waals surface area contributed by atoms with Crippen LogP contribution in [-0.2, 0) is 16.2 Å². The molecule has 0 aliphatic carbocycles. The Balaban J connectivity index is 1.78. The minimum atomic E-state index is -1.13. The van der Waals surface area contributed by atoms with Gasteiger partial charge in [0.15, 0.2) is 11.5 Å². The van der Waals surface area contributed by atoms with E-state index in [1.165, 1.54) is 12.1 Å². The first-order valence-corrected chi connectivity index (χ1v) is 10.2. The standard InChI is InChI=1S/C21H18FNO5S2/c1-2-27-17-9-14(10-18-20(26)23(11-19(24)25)21(29)30-18)5-8-16(17)28-12-13-3-6-15(22)7-4-13/h3-10H,2,11-12H2,1H3,(H,24,25). The lowest BCUT2D eigenvalue weighted by Crippen LogP contribution is -2.33. The van der Waals surface area contributed by atoms with Crippen LogP contribution in [0.25, 0.3) is 6.08 Å². The number of halogens is 1. The molecule has 156 valence electrons. The number of carboxylic acids is 1. The van der Waals surface area contributed by atoms with Crippen LogP contribution >= 0.6 is 24.0 Å². The van der Waals surface area contributed by atoms with E-state index in [-0.39, 0.29) is 16.7 Å².